The Kier molecular flexibility index (Phi) is 4.08. The second-order valence-electron chi connectivity index (χ2n) is 4.01. The fourth-order valence-electron chi connectivity index (χ4n) is 1.86. The minimum absolute atomic E-state index is 0.0695. The maximum absolute atomic E-state index is 12.0. The molecule has 1 saturated heterocycles. The third kappa shape index (κ3) is 3.89. The molecule has 0 saturated carbocycles. The second-order valence-corrected chi connectivity index (χ2v) is 4.01. The van der Waals surface area contributed by atoms with E-state index in [1.54, 1.807) is 12.1 Å². The van der Waals surface area contributed by atoms with Crippen molar-refractivity contribution in [3.05, 3.63) is 29.8 Å². The largest absolute Gasteiger partial charge is 0.573 e. The zero-order valence-electron chi connectivity index (χ0n) is 9.67. The molecular weight excluding hydrogens is 247 g/mol. The Labute approximate surface area is 103 Å². The van der Waals surface area contributed by atoms with Crippen molar-refractivity contribution in [3.63, 3.8) is 0 Å². The first kappa shape index (κ1) is 13.2. The van der Waals surface area contributed by atoms with E-state index in [-0.39, 0.29) is 11.9 Å². The van der Waals surface area contributed by atoms with E-state index in [9.17, 15) is 13.2 Å². The summed E-state index contributed by atoms with van der Waals surface area (Å²) in [6, 6.07) is 5.84. The van der Waals surface area contributed by atoms with Crippen LogP contribution in [-0.2, 0) is 4.74 Å². The topological polar surface area (TPSA) is 30.5 Å². The summed E-state index contributed by atoms with van der Waals surface area (Å²) in [6.07, 6.45) is -3.91. The average Bonchev–Trinajstić information content (AvgIpc) is 2.56. The van der Waals surface area contributed by atoms with Crippen LogP contribution < -0.4 is 10.1 Å². The van der Waals surface area contributed by atoms with Crippen molar-refractivity contribution in [1.29, 1.82) is 0 Å². The fraction of sp³-hybridized carbons (Fsp3) is 0.500. The molecule has 0 aromatic heterocycles. The van der Waals surface area contributed by atoms with Gasteiger partial charge in [-0.05, 0) is 30.7 Å². The molecular formula is C12H14F3NO2. The molecule has 1 atom stereocenters. The highest BCUT2D eigenvalue weighted by Gasteiger charge is 2.31. The number of halogens is 3. The van der Waals surface area contributed by atoms with E-state index in [0.717, 1.165) is 25.1 Å². The maximum Gasteiger partial charge on any atom is 0.573 e. The van der Waals surface area contributed by atoms with E-state index in [4.69, 9.17) is 4.74 Å². The van der Waals surface area contributed by atoms with Gasteiger partial charge in [0.25, 0.3) is 0 Å². The Morgan fingerprint density at radius 2 is 1.89 bits per heavy atom. The number of alkyl halides is 3. The quantitative estimate of drug-likeness (QED) is 0.887. The number of hydrogen-bond acceptors (Lipinski definition) is 3. The van der Waals surface area contributed by atoms with Crippen molar-refractivity contribution < 1.29 is 22.6 Å². The highest BCUT2D eigenvalue weighted by molar-refractivity contribution is 5.28. The van der Waals surface area contributed by atoms with Crippen LogP contribution in [-0.4, -0.2) is 26.1 Å². The lowest BCUT2D eigenvalue weighted by atomic mass is 10.1. The summed E-state index contributed by atoms with van der Waals surface area (Å²) in [4.78, 5) is 0. The Morgan fingerprint density at radius 1 is 1.17 bits per heavy atom. The van der Waals surface area contributed by atoms with Crippen LogP contribution in [0.4, 0.5) is 13.2 Å². The molecule has 1 fully saturated rings. The third-order valence-corrected chi connectivity index (χ3v) is 2.67. The van der Waals surface area contributed by atoms with Crippen LogP contribution in [0, 0.1) is 0 Å². The van der Waals surface area contributed by atoms with Crippen molar-refractivity contribution in [1.82, 2.24) is 5.32 Å². The molecule has 0 spiro atoms. The van der Waals surface area contributed by atoms with Crippen LogP contribution in [0.25, 0.3) is 0 Å². The Balaban J connectivity index is 2.02. The maximum atomic E-state index is 12.0. The minimum Gasteiger partial charge on any atom is -0.406 e. The predicted molar refractivity (Wildman–Crippen MR) is 59.3 cm³/mol. The van der Waals surface area contributed by atoms with Crippen LogP contribution in [0.5, 0.6) is 5.75 Å². The van der Waals surface area contributed by atoms with Crippen LogP contribution >= 0.6 is 0 Å². The smallest absolute Gasteiger partial charge is 0.406 e. The lowest BCUT2D eigenvalue weighted by Gasteiger charge is -2.15. The molecule has 18 heavy (non-hydrogen) atoms. The van der Waals surface area contributed by atoms with Gasteiger partial charge in [-0.3, -0.25) is 0 Å². The molecule has 0 amide bonds. The summed E-state index contributed by atoms with van der Waals surface area (Å²) in [5.41, 5.74) is 0.869. The van der Waals surface area contributed by atoms with Crippen molar-refractivity contribution in [2.75, 3.05) is 19.7 Å². The predicted octanol–water partition coefficient (Wildman–Crippen LogP) is 2.64. The Hall–Kier alpha value is -1.27. The van der Waals surface area contributed by atoms with Gasteiger partial charge in [0.15, 0.2) is 0 Å². The molecule has 1 heterocycles. The monoisotopic (exact) mass is 261 g/mol. The first-order valence-electron chi connectivity index (χ1n) is 5.72. The first-order valence-corrected chi connectivity index (χ1v) is 5.72. The first-order chi connectivity index (χ1) is 8.54. The molecule has 3 nitrogen and oxygen atoms in total. The number of benzene rings is 1. The fourth-order valence-corrected chi connectivity index (χ4v) is 1.86. The van der Waals surface area contributed by atoms with Crippen molar-refractivity contribution >= 4 is 0 Å². The highest BCUT2D eigenvalue weighted by atomic mass is 19.4. The zero-order chi connectivity index (χ0) is 13.0. The zero-order valence-corrected chi connectivity index (χ0v) is 9.67. The number of hydrogen-bond donors (Lipinski definition) is 1. The summed E-state index contributed by atoms with van der Waals surface area (Å²) in [5.74, 6) is -0.210. The molecule has 0 bridgehead atoms. The van der Waals surface area contributed by atoms with Crippen molar-refractivity contribution in [2.24, 2.45) is 0 Å². The van der Waals surface area contributed by atoms with Crippen LogP contribution in [0.1, 0.15) is 18.1 Å². The molecule has 2 rings (SSSR count). The molecule has 1 unspecified atom stereocenters. The molecule has 1 aliphatic heterocycles. The normalized spacial score (nSPS) is 21.4. The van der Waals surface area contributed by atoms with Crippen LogP contribution in [0.15, 0.2) is 24.3 Å². The highest BCUT2D eigenvalue weighted by Crippen LogP contribution is 2.27. The van der Waals surface area contributed by atoms with Gasteiger partial charge in [-0.15, -0.1) is 13.2 Å². The summed E-state index contributed by atoms with van der Waals surface area (Å²) in [6.45, 7) is 2.24. The van der Waals surface area contributed by atoms with Gasteiger partial charge in [-0.2, -0.15) is 0 Å². The second kappa shape index (κ2) is 5.58. The van der Waals surface area contributed by atoms with E-state index < -0.39 is 6.36 Å². The SMILES string of the molecule is FC(F)(F)Oc1ccc(C2CCNCCO2)cc1. The van der Waals surface area contributed by atoms with E-state index in [2.05, 4.69) is 10.1 Å². The molecule has 0 radical (unpaired) electrons. The van der Waals surface area contributed by atoms with Gasteiger partial charge < -0.3 is 14.8 Å². The molecule has 0 aliphatic carbocycles. The average molecular weight is 261 g/mol. The summed E-state index contributed by atoms with van der Waals surface area (Å²) < 4.78 is 45.4. The number of ether oxygens (including phenoxy) is 2. The van der Waals surface area contributed by atoms with E-state index in [1.807, 2.05) is 0 Å². The lowest BCUT2D eigenvalue weighted by Crippen LogP contribution is -2.17. The van der Waals surface area contributed by atoms with Gasteiger partial charge in [-0.25, -0.2) is 0 Å². The summed E-state index contributed by atoms with van der Waals surface area (Å²) in [5, 5.41) is 3.19. The van der Waals surface area contributed by atoms with Crippen molar-refractivity contribution in [2.45, 2.75) is 18.9 Å². The van der Waals surface area contributed by atoms with Gasteiger partial charge in [-0.1, -0.05) is 12.1 Å². The minimum atomic E-state index is -4.65. The van der Waals surface area contributed by atoms with E-state index in [1.165, 1.54) is 12.1 Å². The molecule has 100 valence electrons. The molecule has 1 aromatic rings. The summed E-state index contributed by atoms with van der Waals surface area (Å²) in [7, 11) is 0. The van der Waals surface area contributed by atoms with Gasteiger partial charge in [0.05, 0.1) is 12.7 Å². The molecule has 6 heteroatoms. The van der Waals surface area contributed by atoms with Gasteiger partial charge >= 0.3 is 6.36 Å². The van der Waals surface area contributed by atoms with Gasteiger partial charge in [0.1, 0.15) is 5.75 Å². The number of nitrogens with one attached hydrogen (secondary N) is 1. The Morgan fingerprint density at radius 3 is 2.56 bits per heavy atom. The van der Waals surface area contributed by atoms with Crippen LogP contribution in [0.3, 0.4) is 0 Å². The Bertz CT molecular complexity index is 370. The van der Waals surface area contributed by atoms with Gasteiger partial charge in [0, 0.05) is 6.54 Å². The standard InChI is InChI=1S/C12H14F3NO2/c13-12(14,15)18-10-3-1-9(2-4-10)11-5-6-16-7-8-17-11/h1-4,11,16H,5-8H2. The third-order valence-electron chi connectivity index (χ3n) is 2.67. The number of rotatable bonds is 2. The molecule has 1 aromatic carbocycles. The van der Waals surface area contributed by atoms with Crippen LogP contribution in [0.2, 0.25) is 0 Å². The molecule has 1 N–H and O–H groups in total. The lowest BCUT2D eigenvalue weighted by molar-refractivity contribution is -0.274. The molecule has 1 aliphatic rings. The van der Waals surface area contributed by atoms with Gasteiger partial charge in [0.2, 0.25) is 0 Å². The van der Waals surface area contributed by atoms with Crippen molar-refractivity contribution in [3.8, 4) is 5.75 Å². The van der Waals surface area contributed by atoms with E-state index in [0.29, 0.717) is 6.61 Å². The van der Waals surface area contributed by atoms with E-state index >= 15 is 0 Å². The summed E-state index contributed by atoms with van der Waals surface area (Å²) >= 11 is 0.